The van der Waals surface area contributed by atoms with Crippen LogP contribution in [-0.2, 0) is 19.6 Å². The molecule has 9 rings (SSSR count). The molecule has 6 saturated carbocycles. The molecule has 0 bridgehead atoms. The number of nitrogens with two attached hydrogens (primary N) is 1. The zero-order valence-electron chi connectivity index (χ0n) is 32.2. The van der Waals surface area contributed by atoms with Crippen LogP contribution in [0.25, 0.3) is 0 Å². The Hall–Kier alpha value is -2.03. The van der Waals surface area contributed by atoms with Crippen molar-refractivity contribution in [1.82, 2.24) is 9.62 Å². The first-order valence-electron chi connectivity index (χ1n) is 21.0. The Morgan fingerprint density at radius 2 is 1.56 bits per heavy atom. The van der Waals surface area contributed by atoms with Gasteiger partial charge in [-0.25, -0.2) is 13.1 Å². The lowest BCUT2D eigenvalue weighted by Crippen LogP contribution is -2.76. The van der Waals surface area contributed by atoms with Gasteiger partial charge in [-0.3, -0.25) is 9.59 Å². The Bertz CT molecular complexity index is 1780. The maximum Gasteiger partial charge on any atom is 0.240 e. The molecule has 1 saturated heterocycles. The summed E-state index contributed by atoms with van der Waals surface area (Å²) < 4.78 is 29.5. The summed E-state index contributed by atoms with van der Waals surface area (Å²) in [6.45, 7) is 7.98. The summed E-state index contributed by atoms with van der Waals surface area (Å²) >= 11 is 0. The summed E-state index contributed by atoms with van der Waals surface area (Å²) in [7, 11) is -1.50. The fourth-order valence-electron chi connectivity index (χ4n) is 16.1. The highest BCUT2D eigenvalue weighted by atomic mass is 32.2. The number of piperidine rings is 1. The lowest BCUT2D eigenvalue weighted by molar-refractivity contribution is -0.182. The Kier molecular flexibility index (Phi) is 8.22. The number of ketones is 1. The summed E-state index contributed by atoms with van der Waals surface area (Å²) in [5, 5.41) is 0. The first-order chi connectivity index (χ1) is 24.7. The first kappa shape index (κ1) is 35.7. The number of carbonyl (C=O) groups is 2. The third kappa shape index (κ3) is 4.71. The number of likely N-dealkylation sites (N-methyl/N-ethyl adjacent to an activating group) is 1. The summed E-state index contributed by atoms with van der Waals surface area (Å²) in [5.74, 6) is 4.05. The lowest BCUT2D eigenvalue weighted by Gasteiger charge is -2.71. The number of fused-ring (bicyclic) bond motifs is 10. The molecule has 0 aromatic heterocycles. The van der Waals surface area contributed by atoms with Crippen LogP contribution >= 0.6 is 0 Å². The van der Waals surface area contributed by atoms with Gasteiger partial charge in [0.15, 0.2) is 5.78 Å². The normalized spacial score (nSPS) is 48.5. The average molecular weight is 730 g/mol. The number of amides is 1. The van der Waals surface area contributed by atoms with Crippen LogP contribution < -0.4 is 10.5 Å². The van der Waals surface area contributed by atoms with Crippen molar-refractivity contribution in [3.8, 4) is 0 Å². The van der Waals surface area contributed by atoms with E-state index in [-0.39, 0.29) is 28.4 Å². The van der Waals surface area contributed by atoms with Crippen LogP contribution in [0, 0.1) is 63.6 Å². The van der Waals surface area contributed by atoms with Crippen molar-refractivity contribution in [1.29, 1.82) is 0 Å². The van der Waals surface area contributed by atoms with Gasteiger partial charge in [-0.2, -0.15) is 0 Å². The van der Waals surface area contributed by atoms with Gasteiger partial charge < -0.3 is 10.6 Å². The number of hydrogen-bond donors (Lipinski definition) is 2. The SMILES string of the molecule is CN1C(=O)CC[C@]2(C)[C@@H]3CC[C@]4(C)C(CNS(=O)(=O)c5ccccc5)CC[C@H]4[C@@H]3CCC12C1=CC(=O)CC2CC[C@@H]3[C@@H](CC[C@]4(C)CCC[C@@H]34)[C@@]12N. The van der Waals surface area contributed by atoms with E-state index in [9.17, 15) is 18.0 Å². The minimum atomic E-state index is -3.56. The predicted molar refractivity (Wildman–Crippen MR) is 203 cm³/mol. The Morgan fingerprint density at radius 1 is 0.808 bits per heavy atom. The summed E-state index contributed by atoms with van der Waals surface area (Å²) in [6, 6.07) is 8.75. The van der Waals surface area contributed by atoms with Gasteiger partial charge in [0.2, 0.25) is 15.9 Å². The number of allylic oxidation sites excluding steroid dienone is 1. The van der Waals surface area contributed by atoms with Crippen LogP contribution in [0.1, 0.15) is 124 Å². The van der Waals surface area contributed by atoms with Crippen molar-refractivity contribution in [3.63, 3.8) is 0 Å². The second kappa shape index (κ2) is 12.0. The topological polar surface area (TPSA) is 110 Å². The van der Waals surface area contributed by atoms with E-state index in [0.29, 0.717) is 65.2 Å². The number of nitrogens with zero attached hydrogens (tertiary/aromatic N) is 1. The van der Waals surface area contributed by atoms with Crippen molar-refractivity contribution in [2.75, 3.05) is 13.6 Å². The number of carbonyl (C=O) groups excluding carboxylic acids is 2. The molecular weight excluding hydrogens is 667 g/mol. The van der Waals surface area contributed by atoms with E-state index in [1.807, 2.05) is 12.1 Å². The van der Waals surface area contributed by atoms with Crippen LogP contribution in [0.4, 0.5) is 0 Å². The molecule has 1 amide bonds. The van der Waals surface area contributed by atoms with E-state index in [1.165, 1.54) is 32.1 Å². The highest BCUT2D eigenvalue weighted by Crippen LogP contribution is 2.72. The van der Waals surface area contributed by atoms with Gasteiger partial charge in [0.1, 0.15) is 0 Å². The summed E-state index contributed by atoms with van der Waals surface area (Å²) in [5.41, 5.74) is 8.50. The fourth-order valence-corrected chi connectivity index (χ4v) is 17.2. The zero-order chi connectivity index (χ0) is 36.5. The largest absolute Gasteiger partial charge is 0.336 e. The number of rotatable bonds is 5. The molecule has 7 aliphatic carbocycles. The van der Waals surface area contributed by atoms with Crippen LogP contribution in [-0.4, -0.2) is 49.7 Å². The van der Waals surface area contributed by atoms with Crippen LogP contribution in [0.3, 0.4) is 0 Å². The molecule has 13 atom stereocenters. The minimum Gasteiger partial charge on any atom is -0.336 e. The van der Waals surface area contributed by atoms with E-state index in [2.05, 4.69) is 37.4 Å². The standard InChI is InChI=1S/C44H63N3O4S/c1-40-20-8-11-34(40)32-14-12-28-25-30(48)26-38(44(28,45)37(32)17-21-40)43-24-16-33-35-15-13-29(27-46-52(50,51)31-9-6-5-7-10-31)41(35,2)22-18-36(33)42(43,3)23-19-39(49)47(43)4/h5-7,9-10,26,28-29,32-37,46H,8,11-25,27,45H2,1-4H3/t28?,29?,32-,33-,34-,35-,36+,37+,40-,41+,42+,43?,44+/m0/s1. The highest BCUT2D eigenvalue weighted by Gasteiger charge is 2.72. The van der Waals surface area contributed by atoms with Crippen molar-refractivity contribution in [2.45, 2.75) is 139 Å². The molecule has 7 nitrogen and oxygen atoms in total. The first-order valence-corrected chi connectivity index (χ1v) is 22.5. The second-order valence-electron chi connectivity index (χ2n) is 20.0. The highest BCUT2D eigenvalue weighted by molar-refractivity contribution is 7.89. The number of likely N-dealkylation sites (tertiary alicyclic amines) is 1. The van der Waals surface area contributed by atoms with Crippen molar-refractivity contribution in [3.05, 3.63) is 42.0 Å². The summed E-state index contributed by atoms with van der Waals surface area (Å²) in [4.78, 5) is 30.5. The van der Waals surface area contributed by atoms with E-state index in [1.54, 1.807) is 24.3 Å². The number of hydrogen-bond acceptors (Lipinski definition) is 5. The third-order valence-electron chi connectivity index (χ3n) is 18.6. The molecule has 1 aromatic rings. The molecule has 0 spiro atoms. The van der Waals surface area contributed by atoms with Crippen molar-refractivity contribution >= 4 is 21.7 Å². The number of nitrogens with one attached hydrogen (secondary N) is 1. The lowest BCUT2D eigenvalue weighted by atomic mass is 9.38. The predicted octanol–water partition coefficient (Wildman–Crippen LogP) is 7.65. The van der Waals surface area contributed by atoms with Crippen LogP contribution in [0.15, 0.2) is 46.9 Å². The Labute approximate surface area is 312 Å². The van der Waals surface area contributed by atoms with Crippen LogP contribution in [0.2, 0.25) is 0 Å². The van der Waals surface area contributed by atoms with E-state index in [4.69, 9.17) is 5.73 Å². The van der Waals surface area contributed by atoms with Gasteiger partial charge in [-0.1, -0.05) is 45.4 Å². The summed E-state index contributed by atoms with van der Waals surface area (Å²) in [6.07, 6.45) is 18.8. The van der Waals surface area contributed by atoms with Gasteiger partial charge in [0, 0.05) is 32.0 Å². The van der Waals surface area contributed by atoms with E-state index >= 15 is 0 Å². The average Bonchev–Trinajstić information content (AvgIpc) is 3.69. The van der Waals surface area contributed by atoms with Gasteiger partial charge in [-0.15, -0.1) is 0 Å². The molecule has 3 unspecified atom stereocenters. The minimum absolute atomic E-state index is 0.0694. The smallest absolute Gasteiger partial charge is 0.240 e. The van der Waals surface area contributed by atoms with Gasteiger partial charge >= 0.3 is 0 Å². The molecule has 3 N–H and O–H groups in total. The van der Waals surface area contributed by atoms with E-state index in [0.717, 1.165) is 69.3 Å². The molecule has 7 fully saturated rings. The molecule has 8 aliphatic rings. The fraction of sp³-hybridized carbons (Fsp3) is 0.773. The third-order valence-corrected chi connectivity index (χ3v) is 20.1. The Morgan fingerprint density at radius 3 is 2.35 bits per heavy atom. The second-order valence-corrected chi connectivity index (χ2v) is 21.8. The molecule has 52 heavy (non-hydrogen) atoms. The molecule has 1 aliphatic heterocycles. The van der Waals surface area contributed by atoms with Gasteiger partial charge in [-0.05, 0) is 171 Å². The van der Waals surface area contributed by atoms with Crippen molar-refractivity contribution < 1.29 is 18.0 Å². The van der Waals surface area contributed by atoms with Gasteiger partial charge in [0.25, 0.3) is 0 Å². The zero-order valence-corrected chi connectivity index (χ0v) is 33.0. The molecule has 1 heterocycles. The molecule has 8 heteroatoms. The molecule has 284 valence electrons. The van der Waals surface area contributed by atoms with E-state index < -0.39 is 21.1 Å². The number of benzene rings is 1. The Balaban J connectivity index is 1.05. The van der Waals surface area contributed by atoms with Gasteiger partial charge in [0.05, 0.1) is 10.4 Å². The molecule has 1 aromatic carbocycles. The monoisotopic (exact) mass is 729 g/mol. The molecular formula is C44H63N3O4S. The quantitative estimate of drug-likeness (QED) is 0.324. The molecule has 0 radical (unpaired) electrons. The number of sulfonamides is 1. The van der Waals surface area contributed by atoms with Crippen LogP contribution in [0.5, 0.6) is 0 Å². The maximum atomic E-state index is 14.1. The maximum absolute atomic E-state index is 14.1. The van der Waals surface area contributed by atoms with Crippen molar-refractivity contribution in [2.24, 2.45) is 69.3 Å².